The average Bonchev–Trinajstić information content (AvgIpc) is 2.91. The van der Waals surface area contributed by atoms with Crippen molar-refractivity contribution >= 4 is 28.5 Å². The van der Waals surface area contributed by atoms with E-state index < -0.39 is 0 Å². The maximum atomic E-state index is 12.0. The highest BCUT2D eigenvalue weighted by atomic mass is 35.5. The molecule has 0 atom stereocenters. The molecule has 2 amide bonds. The molecule has 0 aliphatic heterocycles. The number of rotatable bonds is 4. The average molecular weight is 345 g/mol. The van der Waals surface area contributed by atoms with Crippen LogP contribution in [0.4, 0.5) is 4.79 Å². The minimum Gasteiger partial charge on any atom is -0.506 e. The number of aryl methyl sites for hydroxylation is 1. The van der Waals surface area contributed by atoms with Crippen molar-refractivity contribution in [2.24, 2.45) is 7.05 Å². The Kier molecular flexibility index (Phi) is 4.57. The highest BCUT2D eigenvalue weighted by Crippen LogP contribution is 2.26. The third-order valence-electron chi connectivity index (χ3n) is 3.76. The van der Waals surface area contributed by atoms with Crippen LogP contribution in [0.5, 0.6) is 5.75 Å². The number of urea groups is 1. The van der Waals surface area contributed by atoms with E-state index in [4.69, 9.17) is 11.6 Å². The molecule has 6 nitrogen and oxygen atoms in total. The number of hydrogen-bond acceptors (Lipinski definition) is 3. The van der Waals surface area contributed by atoms with Gasteiger partial charge in [0.05, 0.1) is 22.8 Å². The Morgan fingerprint density at radius 3 is 2.75 bits per heavy atom. The van der Waals surface area contributed by atoms with Crippen molar-refractivity contribution in [3.05, 3.63) is 58.7 Å². The van der Waals surface area contributed by atoms with E-state index in [0.29, 0.717) is 12.1 Å². The first-order valence-corrected chi connectivity index (χ1v) is 7.82. The molecule has 2 aromatic carbocycles. The maximum absolute atomic E-state index is 12.0. The second-order valence-electron chi connectivity index (χ2n) is 5.37. The van der Waals surface area contributed by atoms with E-state index in [9.17, 15) is 9.90 Å². The van der Waals surface area contributed by atoms with E-state index in [-0.39, 0.29) is 23.3 Å². The van der Waals surface area contributed by atoms with Crippen molar-refractivity contribution in [1.82, 2.24) is 20.4 Å². The molecule has 0 aliphatic carbocycles. The van der Waals surface area contributed by atoms with Gasteiger partial charge in [-0.3, -0.25) is 4.68 Å². The van der Waals surface area contributed by atoms with Gasteiger partial charge in [0, 0.05) is 24.5 Å². The molecule has 3 rings (SSSR count). The Hall–Kier alpha value is -2.73. The molecule has 0 saturated heterocycles. The molecular formula is C17H17ClN4O2. The molecular weight excluding hydrogens is 328 g/mol. The van der Waals surface area contributed by atoms with Crippen LogP contribution < -0.4 is 10.6 Å². The van der Waals surface area contributed by atoms with Crippen LogP contribution in [0.1, 0.15) is 11.3 Å². The summed E-state index contributed by atoms with van der Waals surface area (Å²) in [6.07, 6.45) is 0. The normalized spacial score (nSPS) is 10.8. The van der Waals surface area contributed by atoms with E-state index in [1.165, 1.54) is 0 Å². The van der Waals surface area contributed by atoms with Gasteiger partial charge in [0.25, 0.3) is 0 Å². The fourth-order valence-corrected chi connectivity index (χ4v) is 2.72. The van der Waals surface area contributed by atoms with Gasteiger partial charge in [-0.15, -0.1) is 0 Å². The topological polar surface area (TPSA) is 79.2 Å². The van der Waals surface area contributed by atoms with E-state index in [1.54, 1.807) is 22.9 Å². The van der Waals surface area contributed by atoms with Gasteiger partial charge in [0.1, 0.15) is 5.75 Å². The van der Waals surface area contributed by atoms with Gasteiger partial charge >= 0.3 is 6.03 Å². The molecule has 124 valence electrons. The zero-order chi connectivity index (χ0) is 17.1. The van der Waals surface area contributed by atoms with Crippen LogP contribution >= 0.6 is 11.6 Å². The number of aromatic hydroxyl groups is 1. The lowest BCUT2D eigenvalue weighted by molar-refractivity contribution is 0.240. The number of phenolic OH excluding ortho intramolecular Hbond substituents is 1. The number of nitrogens with zero attached hydrogens (tertiary/aromatic N) is 2. The number of halogens is 1. The van der Waals surface area contributed by atoms with E-state index in [2.05, 4.69) is 15.7 Å². The molecule has 24 heavy (non-hydrogen) atoms. The lowest BCUT2D eigenvalue weighted by Crippen LogP contribution is -2.34. The molecule has 3 N–H and O–H groups in total. The van der Waals surface area contributed by atoms with Gasteiger partial charge in [-0.1, -0.05) is 41.9 Å². The Bertz CT molecular complexity index is 891. The molecule has 0 aliphatic rings. The summed E-state index contributed by atoms with van der Waals surface area (Å²) in [5.41, 5.74) is 2.37. The number of carbonyl (C=O) groups excluding carboxylic acids is 1. The number of amides is 2. The van der Waals surface area contributed by atoms with Crippen molar-refractivity contribution in [2.45, 2.75) is 13.1 Å². The fourth-order valence-electron chi connectivity index (χ4n) is 2.52. The second-order valence-corrected chi connectivity index (χ2v) is 5.78. The lowest BCUT2D eigenvalue weighted by Gasteiger charge is -2.09. The van der Waals surface area contributed by atoms with Gasteiger partial charge in [-0.05, 0) is 12.1 Å². The number of nitrogens with one attached hydrogen (secondary N) is 2. The lowest BCUT2D eigenvalue weighted by atomic mass is 10.2. The first-order chi connectivity index (χ1) is 11.6. The zero-order valence-corrected chi connectivity index (χ0v) is 13.8. The second kappa shape index (κ2) is 6.80. The van der Waals surface area contributed by atoms with Crippen molar-refractivity contribution in [3.8, 4) is 5.75 Å². The third kappa shape index (κ3) is 3.28. The van der Waals surface area contributed by atoms with Crippen molar-refractivity contribution in [1.29, 1.82) is 0 Å². The monoisotopic (exact) mass is 344 g/mol. The van der Waals surface area contributed by atoms with Gasteiger partial charge in [0.2, 0.25) is 0 Å². The molecule has 1 aromatic heterocycles. The number of carbonyl (C=O) groups is 1. The molecule has 1 heterocycles. The number of aromatic nitrogens is 2. The minimum atomic E-state index is -0.343. The van der Waals surface area contributed by atoms with E-state index in [1.807, 2.05) is 31.3 Å². The van der Waals surface area contributed by atoms with Crippen LogP contribution in [-0.2, 0) is 20.1 Å². The van der Waals surface area contributed by atoms with Crippen molar-refractivity contribution in [2.75, 3.05) is 0 Å². The van der Waals surface area contributed by atoms with Gasteiger partial charge in [-0.2, -0.15) is 5.10 Å². The number of phenols is 1. The maximum Gasteiger partial charge on any atom is 0.315 e. The molecule has 0 fully saturated rings. The van der Waals surface area contributed by atoms with Crippen LogP contribution in [0, 0.1) is 0 Å². The summed E-state index contributed by atoms with van der Waals surface area (Å²) in [7, 11) is 1.87. The highest BCUT2D eigenvalue weighted by Gasteiger charge is 2.10. The smallest absolute Gasteiger partial charge is 0.315 e. The molecule has 0 saturated carbocycles. The Labute approximate surface area is 144 Å². The van der Waals surface area contributed by atoms with Gasteiger partial charge < -0.3 is 15.7 Å². The summed E-state index contributed by atoms with van der Waals surface area (Å²) in [6, 6.07) is 12.5. The number of hydrogen-bond donors (Lipinski definition) is 3. The molecule has 7 heteroatoms. The number of benzene rings is 2. The number of para-hydroxylation sites is 2. The summed E-state index contributed by atoms with van der Waals surface area (Å²) in [5, 5.41) is 21.0. The van der Waals surface area contributed by atoms with Crippen LogP contribution in [0.3, 0.4) is 0 Å². The number of fused-ring (bicyclic) bond motifs is 1. The van der Waals surface area contributed by atoms with Crippen molar-refractivity contribution < 1.29 is 9.90 Å². The third-order valence-corrected chi connectivity index (χ3v) is 4.07. The van der Waals surface area contributed by atoms with E-state index >= 15 is 0 Å². The van der Waals surface area contributed by atoms with Gasteiger partial charge in [-0.25, -0.2) is 4.79 Å². The van der Waals surface area contributed by atoms with Crippen LogP contribution in [0.25, 0.3) is 10.9 Å². The summed E-state index contributed by atoms with van der Waals surface area (Å²) >= 11 is 5.84. The highest BCUT2D eigenvalue weighted by molar-refractivity contribution is 6.32. The summed E-state index contributed by atoms with van der Waals surface area (Å²) in [5.74, 6) is -0.0183. The zero-order valence-electron chi connectivity index (χ0n) is 13.1. The van der Waals surface area contributed by atoms with Crippen molar-refractivity contribution in [3.63, 3.8) is 0 Å². The summed E-state index contributed by atoms with van der Waals surface area (Å²) < 4.78 is 1.79. The summed E-state index contributed by atoms with van der Waals surface area (Å²) in [4.78, 5) is 12.0. The fraction of sp³-hybridized carbons (Fsp3) is 0.176. The summed E-state index contributed by atoms with van der Waals surface area (Å²) in [6.45, 7) is 0.496. The molecule has 0 spiro atoms. The molecule has 0 unspecified atom stereocenters. The molecule has 3 aromatic rings. The largest absolute Gasteiger partial charge is 0.506 e. The molecule has 0 radical (unpaired) electrons. The predicted octanol–water partition coefficient (Wildman–Crippen LogP) is 2.93. The first kappa shape index (κ1) is 16.1. The predicted molar refractivity (Wildman–Crippen MR) is 92.9 cm³/mol. The molecule has 0 bridgehead atoms. The van der Waals surface area contributed by atoms with Gasteiger partial charge in [0.15, 0.2) is 0 Å². The standard InChI is InChI=1S/C17H17ClN4O2/c1-22-15-8-3-2-6-12(15)14(21-22)10-20-17(24)19-9-11-5-4-7-13(18)16(11)23/h2-8,23H,9-10H2,1H3,(H2,19,20,24). The van der Waals surface area contributed by atoms with Crippen LogP contribution in [0.2, 0.25) is 5.02 Å². The minimum absolute atomic E-state index is 0.0183. The van der Waals surface area contributed by atoms with Crippen LogP contribution in [-0.4, -0.2) is 20.9 Å². The quantitative estimate of drug-likeness (QED) is 0.681. The Morgan fingerprint density at radius 2 is 1.92 bits per heavy atom. The Morgan fingerprint density at radius 1 is 1.17 bits per heavy atom. The first-order valence-electron chi connectivity index (χ1n) is 7.45. The van der Waals surface area contributed by atoms with E-state index in [0.717, 1.165) is 16.6 Å². The Balaban J connectivity index is 1.60. The van der Waals surface area contributed by atoms with Crippen LogP contribution in [0.15, 0.2) is 42.5 Å². The SMILES string of the molecule is Cn1nc(CNC(=O)NCc2cccc(Cl)c2O)c2ccccc21.